The summed E-state index contributed by atoms with van der Waals surface area (Å²) in [7, 11) is 1.59. The predicted molar refractivity (Wildman–Crippen MR) is 163 cm³/mol. The van der Waals surface area contributed by atoms with Crippen molar-refractivity contribution < 1.29 is 24.2 Å². The lowest BCUT2D eigenvalue weighted by atomic mass is 10.1. The van der Waals surface area contributed by atoms with E-state index in [1.165, 1.54) is 0 Å². The third-order valence-corrected chi connectivity index (χ3v) is 6.99. The van der Waals surface area contributed by atoms with Crippen LogP contribution in [-0.2, 0) is 17.9 Å². The fraction of sp³-hybridized carbons (Fsp3) is 0.156. The van der Waals surface area contributed by atoms with Gasteiger partial charge < -0.3 is 24.5 Å². The van der Waals surface area contributed by atoms with Crippen LogP contribution in [0.3, 0.4) is 0 Å². The van der Waals surface area contributed by atoms with Crippen molar-refractivity contribution in [2.75, 3.05) is 13.7 Å². The second-order valence-corrected chi connectivity index (χ2v) is 10.4. The number of imidazole rings is 1. The number of rotatable bonds is 11. The molecule has 0 radical (unpaired) electrons. The fourth-order valence-electron chi connectivity index (χ4n) is 4.59. The summed E-state index contributed by atoms with van der Waals surface area (Å²) in [5.74, 6) is 0.413. The van der Waals surface area contributed by atoms with Gasteiger partial charge in [0.15, 0.2) is 11.5 Å². The van der Waals surface area contributed by atoms with Gasteiger partial charge in [0.25, 0.3) is 5.91 Å². The zero-order chi connectivity index (χ0) is 29.6. The van der Waals surface area contributed by atoms with Crippen LogP contribution in [-0.4, -0.2) is 40.2 Å². The molecule has 0 saturated heterocycles. The Kier molecular flexibility index (Phi) is 8.95. The molecule has 214 valence electrons. The SMILES string of the molecule is COc1ccc(-c2nc3cc(C(=O)NCCC(=O)O)ccc3n2Cc2cc(Cl)cc(Cl)c2)cc1OCc1ccccc1. The Labute approximate surface area is 252 Å². The summed E-state index contributed by atoms with van der Waals surface area (Å²) in [5, 5.41) is 12.6. The molecule has 0 aliphatic carbocycles. The minimum atomic E-state index is -0.984. The molecule has 0 bridgehead atoms. The molecule has 2 N–H and O–H groups in total. The zero-order valence-corrected chi connectivity index (χ0v) is 24.2. The van der Waals surface area contributed by atoms with Gasteiger partial charge in [-0.15, -0.1) is 0 Å². The number of hydrogen-bond donors (Lipinski definition) is 2. The van der Waals surface area contributed by atoms with Crippen LogP contribution in [0, 0.1) is 0 Å². The molecule has 1 amide bonds. The van der Waals surface area contributed by atoms with Crippen LogP contribution in [0.4, 0.5) is 0 Å². The van der Waals surface area contributed by atoms with Crippen LogP contribution in [0.25, 0.3) is 22.4 Å². The maximum absolute atomic E-state index is 12.7. The second kappa shape index (κ2) is 13.0. The van der Waals surface area contributed by atoms with E-state index in [2.05, 4.69) is 5.32 Å². The van der Waals surface area contributed by atoms with Crippen LogP contribution in [0.5, 0.6) is 11.5 Å². The first-order valence-electron chi connectivity index (χ1n) is 13.1. The van der Waals surface area contributed by atoms with Gasteiger partial charge in [-0.25, -0.2) is 4.98 Å². The summed E-state index contributed by atoms with van der Waals surface area (Å²) in [5.41, 5.74) is 4.41. The molecule has 5 aromatic rings. The number of carboxylic acid groups (broad SMARTS) is 1. The van der Waals surface area contributed by atoms with Crippen molar-refractivity contribution in [1.29, 1.82) is 0 Å². The number of methoxy groups -OCH3 is 1. The summed E-state index contributed by atoms with van der Waals surface area (Å²) in [6.07, 6.45) is -0.166. The minimum absolute atomic E-state index is 0.0268. The first-order chi connectivity index (χ1) is 20.3. The summed E-state index contributed by atoms with van der Waals surface area (Å²) < 4.78 is 13.7. The highest BCUT2D eigenvalue weighted by atomic mass is 35.5. The van der Waals surface area contributed by atoms with Crippen molar-refractivity contribution in [3.05, 3.63) is 112 Å². The predicted octanol–water partition coefficient (Wildman–Crippen LogP) is 6.85. The van der Waals surface area contributed by atoms with E-state index in [1.807, 2.05) is 71.3 Å². The Balaban J connectivity index is 1.55. The smallest absolute Gasteiger partial charge is 0.305 e. The van der Waals surface area contributed by atoms with Gasteiger partial charge in [-0.05, 0) is 65.7 Å². The van der Waals surface area contributed by atoms with Crippen LogP contribution in [0.15, 0.2) is 84.9 Å². The standard InChI is InChI=1S/C32H27Cl2N3O5/c1-41-28-10-8-22(16-29(28)42-19-20-5-3-2-4-6-20)31-36-26-15-23(32(40)35-12-11-30(38)39)7-9-27(26)37(31)18-21-13-24(33)17-25(34)14-21/h2-10,13-17H,11-12,18-19H2,1H3,(H,35,40)(H,38,39). The first kappa shape index (κ1) is 29.0. The van der Waals surface area contributed by atoms with Gasteiger partial charge in [0, 0.05) is 34.3 Å². The Bertz CT molecular complexity index is 1730. The van der Waals surface area contributed by atoms with E-state index in [9.17, 15) is 9.59 Å². The molecule has 5 rings (SSSR count). The van der Waals surface area contributed by atoms with Crippen LogP contribution in [0.1, 0.15) is 27.9 Å². The van der Waals surface area contributed by atoms with Crippen LogP contribution in [0.2, 0.25) is 10.0 Å². The number of amides is 1. The minimum Gasteiger partial charge on any atom is -0.493 e. The molecule has 0 spiro atoms. The molecule has 10 heteroatoms. The number of nitrogens with zero attached hydrogens (tertiary/aromatic N) is 2. The molecule has 0 saturated carbocycles. The molecule has 0 aliphatic rings. The fourth-order valence-corrected chi connectivity index (χ4v) is 5.16. The molecule has 4 aromatic carbocycles. The van der Waals surface area contributed by atoms with Crippen LogP contribution < -0.4 is 14.8 Å². The van der Waals surface area contributed by atoms with Gasteiger partial charge >= 0.3 is 5.97 Å². The molecule has 0 atom stereocenters. The highest BCUT2D eigenvalue weighted by Gasteiger charge is 2.18. The van der Waals surface area contributed by atoms with Gasteiger partial charge in [-0.3, -0.25) is 9.59 Å². The quantitative estimate of drug-likeness (QED) is 0.171. The summed E-state index contributed by atoms with van der Waals surface area (Å²) in [6, 6.07) is 26.0. The third-order valence-electron chi connectivity index (χ3n) is 6.56. The number of carbonyl (C=O) groups excluding carboxylic acids is 1. The normalized spacial score (nSPS) is 10.9. The second-order valence-electron chi connectivity index (χ2n) is 9.54. The Hall–Kier alpha value is -4.53. The molecule has 8 nitrogen and oxygen atoms in total. The van der Waals surface area contributed by atoms with E-state index in [4.69, 9.17) is 42.8 Å². The van der Waals surface area contributed by atoms with Crippen molar-refractivity contribution in [2.24, 2.45) is 0 Å². The number of aromatic nitrogens is 2. The van der Waals surface area contributed by atoms with Crippen LogP contribution >= 0.6 is 23.2 Å². The Morgan fingerprint density at radius 1 is 0.905 bits per heavy atom. The number of benzene rings is 4. The van der Waals surface area contributed by atoms with Gasteiger partial charge in [0.2, 0.25) is 0 Å². The number of nitrogens with one attached hydrogen (secondary N) is 1. The number of aliphatic carboxylic acids is 1. The molecule has 1 heterocycles. The lowest BCUT2D eigenvalue weighted by Gasteiger charge is -2.14. The number of carbonyl (C=O) groups is 2. The third kappa shape index (κ3) is 6.84. The summed E-state index contributed by atoms with van der Waals surface area (Å²) in [4.78, 5) is 28.5. The van der Waals surface area contributed by atoms with Crippen molar-refractivity contribution in [3.63, 3.8) is 0 Å². The highest BCUT2D eigenvalue weighted by molar-refractivity contribution is 6.34. The summed E-state index contributed by atoms with van der Waals surface area (Å²) >= 11 is 12.6. The topological polar surface area (TPSA) is 103 Å². The van der Waals surface area contributed by atoms with Crippen molar-refractivity contribution in [2.45, 2.75) is 19.6 Å². The number of fused-ring (bicyclic) bond motifs is 1. The zero-order valence-electron chi connectivity index (χ0n) is 22.6. The van der Waals surface area contributed by atoms with Gasteiger partial charge in [-0.2, -0.15) is 0 Å². The maximum atomic E-state index is 12.7. The largest absolute Gasteiger partial charge is 0.493 e. The Morgan fingerprint density at radius 2 is 1.67 bits per heavy atom. The van der Waals surface area contributed by atoms with Crippen molar-refractivity contribution >= 4 is 46.1 Å². The van der Waals surface area contributed by atoms with E-state index < -0.39 is 5.97 Å². The van der Waals surface area contributed by atoms with E-state index in [1.54, 1.807) is 25.3 Å². The molecule has 0 aliphatic heterocycles. The molecule has 0 unspecified atom stereocenters. The molecular formula is C32H27Cl2N3O5. The Morgan fingerprint density at radius 3 is 2.38 bits per heavy atom. The lowest BCUT2D eigenvalue weighted by molar-refractivity contribution is -0.136. The van der Waals surface area contributed by atoms with E-state index in [0.717, 1.165) is 22.2 Å². The molecular weight excluding hydrogens is 577 g/mol. The number of ether oxygens (including phenoxy) is 2. The van der Waals surface area contributed by atoms with E-state index >= 15 is 0 Å². The molecule has 1 aromatic heterocycles. The highest BCUT2D eigenvalue weighted by Crippen LogP contribution is 2.35. The average Bonchev–Trinajstić information content (AvgIpc) is 3.33. The monoisotopic (exact) mass is 603 g/mol. The van der Waals surface area contributed by atoms with E-state index in [-0.39, 0.29) is 18.9 Å². The lowest BCUT2D eigenvalue weighted by Crippen LogP contribution is -2.25. The van der Waals surface area contributed by atoms with Crippen molar-refractivity contribution in [3.8, 4) is 22.9 Å². The van der Waals surface area contributed by atoms with Gasteiger partial charge in [0.05, 0.1) is 24.6 Å². The van der Waals surface area contributed by atoms with Gasteiger partial charge in [0.1, 0.15) is 12.4 Å². The van der Waals surface area contributed by atoms with Crippen molar-refractivity contribution in [1.82, 2.24) is 14.9 Å². The average molecular weight is 604 g/mol. The van der Waals surface area contributed by atoms with Gasteiger partial charge in [-0.1, -0.05) is 53.5 Å². The first-order valence-corrected chi connectivity index (χ1v) is 13.9. The summed E-state index contributed by atoms with van der Waals surface area (Å²) in [6.45, 7) is 0.792. The molecule has 0 fully saturated rings. The number of halogens is 2. The molecule has 42 heavy (non-hydrogen) atoms. The number of carboxylic acids is 1. The van der Waals surface area contributed by atoms with E-state index in [0.29, 0.717) is 51.6 Å². The number of hydrogen-bond acceptors (Lipinski definition) is 5. The maximum Gasteiger partial charge on any atom is 0.305 e.